The molecule has 0 bridgehead atoms. The zero-order valence-corrected chi connectivity index (χ0v) is 19.6. The standard InChI is InChI=1S/C26H37N3O2/c1-6-19-7-8-21(20-13-15-27-16-14-20)17-22(19)18-28-23-9-11-24(12-10-23)29(5)25(30)31-26(2,3)4/h7-8,13-17,23-24,28H,6,9-12,18H2,1-5H3/t23-,24-. The maximum absolute atomic E-state index is 12.4. The van der Waals surface area contributed by atoms with Crippen LogP contribution in [0.15, 0.2) is 42.7 Å². The Hall–Kier alpha value is -2.40. The van der Waals surface area contributed by atoms with Crippen LogP contribution in [0.25, 0.3) is 11.1 Å². The number of pyridine rings is 1. The quantitative estimate of drug-likeness (QED) is 0.659. The van der Waals surface area contributed by atoms with E-state index in [1.54, 1.807) is 4.90 Å². The molecule has 1 aromatic carbocycles. The molecule has 0 aliphatic heterocycles. The molecule has 1 N–H and O–H groups in total. The molecule has 5 heteroatoms. The maximum Gasteiger partial charge on any atom is 0.410 e. The third-order valence-corrected chi connectivity index (χ3v) is 6.11. The summed E-state index contributed by atoms with van der Waals surface area (Å²) in [6.45, 7) is 8.82. The van der Waals surface area contributed by atoms with E-state index in [9.17, 15) is 4.79 Å². The van der Waals surface area contributed by atoms with Gasteiger partial charge in [0.1, 0.15) is 5.60 Å². The zero-order chi connectivity index (χ0) is 22.4. The van der Waals surface area contributed by atoms with E-state index in [-0.39, 0.29) is 12.1 Å². The molecule has 168 valence electrons. The molecule has 0 saturated heterocycles. The molecule has 3 rings (SSSR count). The second kappa shape index (κ2) is 10.3. The molecule has 1 aliphatic carbocycles. The fourth-order valence-electron chi connectivity index (χ4n) is 4.26. The Balaban J connectivity index is 1.55. The van der Waals surface area contributed by atoms with Crippen molar-refractivity contribution in [1.82, 2.24) is 15.2 Å². The molecule has 31 heavy (non-hydrogen) atoms. The van der Waals surface area contributed by atoms with E-state index in [0.717, 1.165) is 38.6 Å². The number of carbonyl (C=O) groups is 1. The van der Waals surface area contributed by atoms with Crippen LogP contribution < -0.4 is 5.32 Å². The van der Waals surface area contributed by atoms with Gasteiger partial charge in [0, 0.05) is 38.1 Å². The first-order valence-electron chi connectivity index (χ1n) is 11.5. The number of aromatic nitrogens is 1. The summed E-state index contributed by atoms with van der Waals surface area (Å²) in [7, 11) is 1.87. The summed E-state index contributed by atoms with van der Waals surface area (Å²) in [5.41, 5.74) is 4.74. The largest absolute Gasteiger partial charge is 0.444 e. The second-order valence-electron chi connectivity index (χ2n) is 9.55. The van der Waals surface area contributed by atoms with Crippen molar-refractivity contribution in [2.45, 2.75) is 84.0 Å². The summed E-state index contributed by atoms with van der Waals surface area (Å²) in [5, 5.41) is 3.77. The Labute approximate surface area is 187 Å². The SMILES string of the molecule is CCc1ccc(-c2ccncc2)cc1CN[C@H]1CC[C@H](N(C)C(=O)OC(C)(C)C)CC1. The number of hydrogen-bond donors (Lipinski definition) is 1. The van der Waals surface area contributed by atoms with E-state index >= 15 is 0 Å². The van der Waals surface area contributed by atoms with E-state index in [4.69, 9.17) is 4.74 Å². The fourth-order valence-corrected chi connectivity index (χ4v) is 4.26. The molecule has 0 spiro atoms. The lowest BCUT2D eigenvalue weighted by molar-refractivity contribution is 0.0179. The summed E-state index contributed by atoms with van der Waals surface area (Å²) in [4.78, 5) is 18.3. The van der Waals surface area contributed by atoms with Crippen LogP contribution in [0.5, 0.6) is 0 Å². The number of rotatable bonds is 6. The van der Waals surface area contributed by atoms with Gasteiger partial charge in [0.25, 0.3) is 0 Å². The van der Waals surface area contributed by atoms with Crippen molar-refractivity contribution < 1.29 is 9.53 Å². The number of benzene rings is 1. The van der Waals surface area contributed by atoms with Gasteiger partial charge in [0.05, 0.1) is 0 Å². The lowest BCUT2D eigenvalue weighted by Gasteiger charge is -2.36. The van der Waals surface area contributed by atoms with Gasteiger partial charge in [-0.15, -0.1) is 0 Å². The molecule has 1 heterocycles. The van der Waals surface area contributed by atoms with Crippen LogP contribution >= 0.6 is 0 Å². The number of nitrogens with zero attached hydrogens (tertiary/aromatic N) is 2. The minimum atomic E-state index is -0.452. The highest BCUT2D eigenvalue weighted by Crippen LogP contribution is 2.26. The molecule has 1 amide bonds. The number of amides is 1. The van der Waals surface area contributed by atoms with Gasteiger partial charge < -0.3 is 15.0 Å². The average Bonchev–Trinajstić information content (AvgIpc) is 2.76. The van der Waals surface area contributed by atoms with Crippen LogP contribution in [0.3, 0.4) is 0 Å². The highest BCUT2D eigenvalue weighted by molar-refractivity contribution is 5.68. The lowest BCUT2D eigenvalue weighted by atomic mass is 9.90. The normalized spacial score (nSPS) is 19.1. The van der Waals surface area contributed by atoms with E-state index in [0.29, 0.717) is 6.04 Å². The minimum Gasteiger partial charge on any atom is -0.444 e. The Morgan fingerprint density at radius 2 is 1.74 bits per heavy atom. The topological polar surface area (TPSA) is 54.5 Å². The Bertz CT molecular complexity index is 853. The van der Waals surface area contributed by atoms with Gasteiger partial charge in [0.15, 0.2) is 0 Å². The van der Waals surface area contributed by atoms with E-state index < -0.39 is 5.60 Å². The van der Waals surface area contributed by atoms with Gasteiger partial charge in [-0.1, -0.05) is 19.1 Å². The van der Waals surface area contributed by atoms with Crippen molar-refractivity contribution in [2.24, 2.45) is 0 Å². The first-order valence-corrected chi connectivity index (χ1v) is 11.5. The van der Waals surface area contributed by atoms with Crippen LogP contribution in [0.4, 0.5) is 4.79 Å². The fraction of sp³-hybridized carbons (Fsp3) is 0.538. The number of nitrogens with one attached hydrogen (secondary N) is 1. The van der Waals surface area contributed by atoms with Crippen LogP contribution in [0.2, 0.25) is 0 Å². The van der Waals surface area contributed by atoms with Crippen molar-refractivity contribution >= 4 is 6.09 Å². The monoisotopic (exact) mass is 423 g/mol. The van der Waals surface area contributed by atoms with Crippen LogP contribution in [-0.2, 0) is 17.7 Å². The van der Waals surface area contributed by atoms with Gasteiger partial charge >= 0.3 is 6.09 Å². The van der Waals surface area contributed by atoms with Crippen LogP contribution in [0.1, 0.15) is 64.5 Å². The molecular formula is C26H37N3O2. The summed E-state index contributed by atoms with van der Waals surface area (Å²) >= 11 is 0. The molecule has 0 unspecified atom stereocenters. The molecular weight excluding hydrogens is 386 g/mol. The number of carbonyl (C=O) groups excluding carboxylic acids is 1. The molecule has 0 atom stereocenters. The average molecular weight is 424 g/mol. The number of ether oxygens (including phenoxy) is 1. The summed E-state index contributed by atoms with van der Waals surface area (Å²) in [6, 6.07) is 11.6. The van der Waals surface area contributed by atoms with Crippen molar-refractivity contribution in [3.63, 3.8) is 0 Å². The molecule has 1 aliphatic rings. The zero-order valence-electron chi connectivity index (χ0n) is 19.6. The third kappa shape index (κ3) is 6.54. The first kappa shape index (κ1) is 23.3. The number of hydrogen-bond acceptors (Lipinski definition) is 4. The van der Waals surface area contributed by atoms with Crippen molar-refractivity contribution in [3.05, 3.63) is 53.9 Å². The highest BCUT2D eigenvalue weighted by atomic mass is 16.6. The first-order chi connectivity index (χ1) is 14.8. The second-order valence-corrected chi connectivity index (χ2v) is 9.55. The lowest BCUT2D eigenvalue weighted by Crippen LogP contribution is -2.44. The Kier molecular flexibility index (Phi) is 7.71. The Morgan fingerprint density at radius 1 is 1.06 bits per heavy atom. The highest BCUT2D eigenvalue weighted by Gasteiger charge is 2.29. The maximum atomic E-state index is 12.4. The molecule has 1 saturated carbocycles. The predicted octanol–water partition coefficient (Wildman–Crippen LogP) is 5.58. The van der Waals surface area contributed by atoms with Crippen molar-refractivity contribution in [1.29, 1.82) is 0 Å². The Morgan fingerprint density at radius 3 is 2.35 bits per heavy atom. The van der Waals surface area contributed by atoms with Gasteiger partial charge in [0.2, 0.25) is 0 Å². The summed E-state index contributed by atoms with van der Waals surface area (Å²) < 4.78 is 5.53. The van der Waals surface area contributed by atoms with Crippen LogP contribution in [0, 0.1) is 0 Å². The third-order valence-electron chi connectivity index (χ3n) is 6.11. The van der Waals surface area contributed by atoms with Crippen LogP contribution in [-0.4, -0.2) is 40.7 Å². The van der Waals surface area contributed by atoms with E-state index in [2.05, 4.69) is 47.6 Å². The predicted molar refractivity (Wildman–Crippen MR) is 126 cm³/mol. The van der Waals surface area contributed by atoms with Crippen molar-refractivity contribution in [3.8, 4) is 11.1 Å². The molecule has 0 radical (unpaired) electrons. The minimum absolute atomic E-state index is 0.218. The molecule has 1 fully saturated rings. The van der Waals surface area contributed by atoms with Gasteiger partial charge in [-0.2, -0.15) is 0 Å². The van der Waals surface area contributed by atoms with E-state index in [1.165, 1.54) is 22.3 Å². The van der Waals surface area contributed by atoms with Gasteiger partial charge in [-0.3, -0.25) is 4.98 Å². The molecule has 2 aromatic rings. The van der Waals surface area contributed by atoms with Gasteiger partial charge in [-0.25, -0.2) is 4.79 Å². The molecule has 5 nitrogen and oxygen atoms in total. The summed E-state index contributed by atoms with van der Waals surface area (Å²) in [6.07, 6.45) is 8.65. The summed E-state index contributed by atoms with van der Waals surface area (Å²) in [5.74, 6) is 0. The number of aryl methyl sites for hydroxylation is 1. The van der Waals surface area contributed by atoms with E-state index in [1.807, 2.05) is 40.2 Å². The molecule has 1 aromatic heterocycles. The van der Waals surface area contributed by atoms with Gasteiger partial charge in [-0.05, 0) is 93.3 Å². The van der Waals surface area contributed by atoms with Crippen molar-refractivity contribution in [2.75, 3.05) is 7.05 Å². The smallest absolute Gasteiger partial charge is 0.410 e.